The predicted octanol–water partition coefficient (Wildman–Crippen LogP) is 4.42. The fraction of sp³-hybridized carbons (Fsp3) is 0.600. The monoisotopic (exact) mass is 328 g/mol. The second kappa shape index (κ2) is 7.56. The highest BCUT2D eigenvalue weighted by Crippen LogP contribution is 2.28. The Balaban J connectivity index is 1.72. The smallest absolute Gasteiger partial charge is 0.0670 e. The summed E-state index contributed by atoms with van der Waals surface area (Å²) in [6, 6.07) is 8.22. The molecule has 1 aliphatic rings. The van der Waals surface area contributed by atoms with E-state index in [1.807, 2.05) is 23.9 Å². The Bertz CT molecular complexity index is 363. The van der Waals surface area contributed by atoms with Crippen molar-refractivity contribution >= 4 is 27.7 Å². The number of halogens is 1. The molecule has 0 spiro atoms. The van der Waals surface area contributed by atoms with Crippen molar-refractivity contribution in [3.05, 3.63) is 34.3 Å². The topological polar surface area (TPSA) is 20.2 Å². The highest BCUT2D eigenvalue weighted by atomic mass is 79.9. The van der Waals surface area contributed by atoms with Crippen molar-refractivity contribution in [2.45, 2.75) is 49.9 Å². The van der Waals surface area contributed by atoms with Crippen LogP contribution in [0.15, 0.2) is 28.7 Å². The van der Waals surface area contributed by atoms with Gasteiger partial charge in [-0.25, -0.2) is 0 Å². The van der Waals surface area contributed by atoms with Gasteiger partial charge in [-0.2, -0.15) is 11.8 Å². The second-order valence-electron chi connectivity index (χ2n) is 5.08. The van der Waals surface area contributed by atoms with Crippen LogP contribution in [-0.4, -0.2) is 22.2 Å². The summed E-state index contributed by atoms with van der Waals surface area (Å²) in [6.45, 7) is 0. The summed E-state index contributed by atoms with van der Waals surface area (Å²) in [5.74, 6) is 0.872. The average Bonchev–Trinajstić information content (AvgIpc) is 2.38. The second-order valence-corrected chi connectivity index (χ2v) is 7.33. The Kier molecular flexibility index (Phi) is 6.06. The largest absolute Gasteiger partial charge is 0.392 e. The van der Waals surface area contributed by atoms with Gasteiger partial charge in [0.1, 0.15) is 0 Å². The first-order valence-corrected chi connectivity index (χ1v) is 8.62. The van der Waals surface area contributed by atoms with E-state index in [-0.39, 0.29) is 6.10 Å². The van der Waals surface area contributed by atoms with Gasteiger partial charge < -0.3 is 5.11 Å². The quantitative estimate of drug-likeness (QED) is 0.863. The van der Waals surface area contributed by atoms with Gasteiger partial charge in [0, 0.05) is 15.5 Å². The normalized spacial score (nSPS) is 18.8. The molecule has 0 saturated heterocycles. The summed E-state index contributed by atoms with van der Waals surface area (Å²) in [6.07, 6.45) is 7.38. The van der Waals surface area contributed by atoms with Gasteiger partial charge in [0.25, 0.3) is 0 Å². The van der Waals surface area contributed by atoms with Crippen LogP contribution in [0, 0.1) is 0 Å². The third-order valence-corrected chi connectivity index (χ3v) is 5.45. The molecule has 1 N–H and O–H groups in total. The molecular formula is C15H21BrOS. The number of hydrogen-bond donors (Lipinski definition) is 1. The van der Waals surface area contributed by atoms with Gasteiger partial charge in [-0.1, -0.05) is 47.3 Å². The summed E-state index contributed by atoms with van der Waals surface area (Å²) >= 11 is 5.43. The highest BCUT2D eigenvalue weighted by molar-refractivity contribution is 9.10. The maximum Gasteiger partial charge on any atom is 0.0670 e. The van der Waals surface area contributed by atoms with Gasteiger partial charge in [0.05, 0.1) is 6.10 Å². The molecule has 1 atom stereocenters. The lowest BCUT2D eigenvalue weighted by molar-refractivity contribution is 0.200. The third-order valence-electron chi connectivity index (χ3n) is 3.44. The number of hydrogen-bond acceptors (Lipinski definition) is 2. The van der Waals surface area contributed by atoms with Crippen molar-refractivity contribution in [3.63, 3.8) is 0 Å². The minimum absolute atomic E-state index is 0.216. The molecule has 1 saturated carbocycles. The van der Waals surface area contributed by atoms with Gasteiger partial charge in [0.15, 0.2) is 0 Å². The maximum atomic E-state index is 10.1. The van der Waals surface area contributed by atoms with E-state index in [4.69, 9.17) is 0 Å². The summed E-state index contributed by atoms with van der Waals surface area (Å²) < 4.78 is 1.09. The Hall–Kier alpha value is 0.01000. The van der Waals surface area contributed by atoms with Crippen molar-refractivity contribution in [2.24, 2.45) is 0 Å². The van der Waals surface area contributed by atoms with E-state index in [1.54, 1.807) is 0 Å². The third kappa shape index (κ3) is 4.94. The molecule has 0 aliphatic heterocycles. The number of thioether (sulfide) groups is 1. The SMILES string of the molecule is OC(CSC1CCCCC1)Cc1cccc(Br)c1. The van der Waals surface area contributed by atoms with Crippen molar-refractivity contribution in [1.82, 2.24) is 0 Å². The van der Waals surface area contributed by atoms with Gasteiger partial charge in [-0.3, -0.25) is 0 Å². The van der Waals surface area contributed by atoms with E-state index < -0.39 is 0 Å². The predicted molar refractivity (Wildman–Crippen MR) is 83.2 cm³/mol. The number of aliphatic hydroxyl groups excluding tert-OH is 1. The van der Waals surface area contributed by atoms with Gasteiger partial charge in [-0.05, 0) is 37.0 Å². The van der Waals surface area contributed by atoms with Crippen LogP contribution in [0.2, 0.25) is 0 Å². The molecule has 0 radical (unpaired) electrons. The minimum atomic E-state index is -0.216. The molecule has 1 aromatic rings. The van der Waals surface area contributed by atoms with Crippen molar-refractivity contribution < 1.29 is 5.11 Å². The zero-order chi connectivity index (χ0) is 12.8. The van der Waals surface area contributed by atoms with E-state index in [2.05, 4.69) is 28.1 Å². The molecule has 1 aliphatic carbocycles. The molecule has 3 heteroatoms. The maximum absolute atomic E-state index is 10.1. The Morgan fingerprint density at radius 2 is 2.06 bits per heavy atom. The minimum Gasteiger partial charge on any atom is -0.392 e. The van der Waals surface area contributed by atoms with Crippen LogP contribution in [0.4, 0.5) is 0 Å². The first-order valence-electron chi connectivity index (χ1n) is 6.78. The fourth-order valence-corrected chi connectivity index (χ4v) is 4.20. The molecule has 0 heterocycles. The lowest BCUT2D eigenvalue weighted by atomic mass is 10.0. The molecule has 1 nitrogen and oxygen atoms in total. The van der Waals surface area contributed by atoms with Crippen molar-refractivity contribution in [3.8, 4) is 0 Å². The van der Waals surface area contributed by atoms with Crippen LogP contribution in [0.1, 0.15) is 37.7 Å². The van der Waals surface area contributed by atoms with Crippen LogP contribution in [0.25, 0.3) is 0 Å². The Morgan fingerprint density at radius 1 is 1.28 bits per heavy atom. The number of benzene rings is 1. The van der Waals surface area contributed by atoms with Crippen LogP contribution < -0.4 is 0 Å². The van der Waals surface area contributed by atoms with E-state index >= 15 is 0 Å². The number of rotatable bonds is 5. The van der Waals surface area contributed by atoms with Crippen molar-refractivity contribution in [1.29, 1.82) is 0 Å². The highest BCUT2D eigenvalue weighted by Gasteiger charge is 2.15. The Labute approximate surface area is 122 Å². The lowest BCUT2D eigenvalue weighted by Crippen LogP contribution is -2.17. The molecule has 0 amide bonds. The summed E-state index contributed by atoms with van der Waals surface area (Å²) in [5.41, 5.74) is 1.21. The molecule has 100 valence electrons. The van der Waals surface area contributed by atoms with Gasteiger partial charge >= 0.3 is 0 Å². The molecular weight excluding hydrogens is 308 g/mol. The molecule has 0 aromatic heterocycles. The van der Waals surface area contributed by atoms with Crippen LogP contribution in [-0.2, 0) is 6.42 Å². The molecule has 1 fully saturated rings. The standard InChI is InChI=1S/C15H21BrOS/c16-13-6-4-5-12(9-13)10-14(17)11-18-15-7-2-1-3-8-15/h4-6,9,14-15,17H,1-3,7-8,10-11H2. The van der Waals surface area contributed by atoms with Crippen molar-refractivity contribution in [2.75, 3.05) is 5.75 Å². The lowest BCUT2D eigenvalue weighted by Gasteiger charge is -2.22. The summed E-state index contributed by atoms with van der Waals surface area (Å²) in [5, 5.41) is 10.9. The molecule has 1 aromatic carbocycles. The first-order chi connectivity index (χ1) is 8.74. The van der Waals surface area contributed by atoms with Crippen LogP contribution in [0.5, 0.6) is 0 Å². The fourth-order valence-electron chi connectivity index (χ4n) is 2.47. The molecule has 18 heavy (non-hydrogen) atoms. The van der Waals surface area contributed by atoms with E-state index in [1.165, 1.54) is 37.7 Å². The molecule has 0 bridgehead atoms. The van der Waals surface area contributed by atoms with Crippen LogP contribution in [0.3, 0.4) is 0 Å². The molecule has 2 rings (SSSR count). The van der Waals surface area contributed by atoms with E-state index in [0.717, 1.165) is 21.9 Å². The van der Waals surface area contributed by atoms with E-state index in [9.17, 15) is 5.11 Å². The number of aliphatic hydroxyl groups is 1. The van der Waals surface area contributed by atoms with E-state index in [0.29, 0.717) is 0 Å². The van der Waals surface area contributed by atoms with Gasteiger partial charge in [-0.15, -0.1) is 0 Å². The average molecular weight is 329 g/mol. The zero-order valence-corrected chi connectivity index (χ0v) is 13.0. The van der Waals surface area contributed by atoms with Crippen LogP contribution >= 0.6 is 27.7 Å². The zero-order valence-electron chi connectivity index (χ0n) is 10.6. The molecule has 1 unspecified atom stereocenters. The summed E-state index contributed by atoms with van der Waals surface area (Å²) in [7, 11) is 0. The summed E-state index contributed by atoms with van der Waals surface area (Å²) in [4.78, 5) is 0. The first kappa shape index (κ1) is 14.4. The van der Waals surface area contributed by atoms with Gasteiger partial charge in [0.2, 0.25) is 0 Å². The Morgan fingerprint density at radius 3 is 2.78 bits per heavy atom.